The van der Waals surface area contributed by atoms with E-state index < -0.39 is 0 Å². The first kappa shape index (κ1) is 45.2. The van der Waals surface area contributed by atoms with E-state index in [4.69, 9.17) is 4.74 Å². The first-order valence-corrected chi connectivity index (χ1v) is 16.9. The van der Waals surface area contributed by atoms with Crippen molar-refractivity contribution in [3.8, 4) is 0 Å². The molecular formula is C37H73NO2. The Morgan fingerprint density at radius 2 is 1.40 bits per heavy atom. The van der Waals surface area contributed by atoms with Crippen LogP contribution in [-0.2, 0) is 11.8 Å². The Kier molecular flexibility index (Phi) is 29.6. The number of aromatic nitrogens is 1. The molecule has 238 valence electrons. The molecule has 1 fully saturated rings. The highest BCUT2D eigenvalue weighted by molar-refractivity contribution is 5.95. The molecule has 0 bridgehead atoms. The highest BCUT2D eigenvalue weighted by atomic mass is 16.5. The number of aryl methyl sites for hydroxylation is 1. The van der Waals surface area contributed by atoms with Gasteiger partial charge in [0.05, 0.1) is 12.7 Å². The molecule has 0 amide bonds. The Balaban J connectivity index is -0.000000478. The summed E-state index contributed by atoms with van der Waals surface area (Å²) in [5, 5.41) is 1.29. The summed E-state index contributed by atoms with van der Waals surface area (Å²) >= 11 is 0. The largest absolute Gasteiger partial charge is 0.465 e. The van der Waals surface area contributed by atoms with Crippen molar-refractivity contribution in [1.29, 1.82) is 0 Å². The van der Waals surface area contributed by atoms with Crippen LogP contribution >= 0.6 is 0 Å². The summed E-state index contributed by atoms with van der Waals surface area (Å²) in [6.45, 7) is 33.6. The lowest BCUT2D eigenvalue weighted by Gasteiger charge is -2.39. The fraction of sp³-hybridized carbons (Fsp3) is 0.757. The van der Waals surface area contributed by atoms with Gasteiger partial charge in [-0.1, -0.05) is 123 Å². The van der Waals surface area contributed by atoms with Crippen molar-refractivity contribution in [2.75, 3.05) is 7.11 Å². The first-order chi connectivity index (χ1) is 19.2. The molecule has 1 heterocycles. The number of benzene rings is 1. The molecule has 3 heteroatoms. The topological polar surface area (TPSA) is 31.2 Å². The Hall–Kier alpha value is -1.77. The molecular weight excluding hydrogens is 490 g/mol. The molecule has 3 rings (SSSR count). The van der Waals surface area contributed by atoms with Crippen molar-refractivity contribution in [2.45, 2.75) is 162 Å². The van der Waals surface area contributed by atoms with Gasteiger partial charge in [-0.3, -0.25) is 0 Å². The summed E-state index contributed by atoms with van der Waals surface area (Å²) in [6, 6.07) is 5.97. The van der Waals surface area contributed by atoms with E-state index in [-0.39, 0.29) is 5.97 Å². The minimum absolute atomic E-state index is 0.270. The van der Waals surface area contributed by atoms with E-state index in [1.807, 2.05) is 95.2 Å². The number of esters is 1. The van der Waals surface area contributed by atoms with Gasteiger partial charge in [0.15, 0.2) is 0 Å². The molecule has 1 aliphatic carbocycles. The highest BCUT2D eigenvalue weighted by Crippen LogP contribution is 2.48. The number of carbonyl (C=O) groups excluding carboxylic acids is 1. The molecule has 0 saturated heterocycles. The number of ether oxygens (including phenoxy) is 1. The lowest BCUT2D eigenvalue weighted by atomic mass is 9.66. The molecule has 2 aromatic rings. The summed E-state index contributed by atoms with van der Waals surface area (Å²) in [4.78, 5) is 11.9. The number of methoxy groups -OCH3 is 1. The van der Waals surface area contributed by atoms with Crippen LogP contribution in [-0.4, -0.2) is 17.6 Å². The maximum atomic E-state index is 11.9. The number of nitrogens with zero attached hydrogens (tertiary/aromatic N) is 1. The smallest absolute Gasteiger partial charge is 0.337 e. The molecule has 0 atom stereocenters. The SMILES string of the molecule is CC.CC.CC.CC.CC.CC.CCC(C)(C)CCC1(C)CCC(c2cn(C)c3cc(C(=O)OC)ccc23)CC1. The van der Waals surface area contributed by atoms with Gasteiger partial charge in [0.2, 0.25) is 0 Å². The van der Waals surface area contributed by atoms with Crippen molar-refractivity contribution in [3.05, 3.63) is 35.5 Å². The molecule has 0 aliphatic heterocycles. The molecule has 0 radical (unpaired) electrons. The van der Waals surface area contributed by atoms with E-state index in [0.717, 1.165) is 5.52 Å². The second-order valence-electron chi connectivity index (χ2n) is 10.0. The van der Waals surface area contributed by atoms with Crippen LogP contribution in [0.2, 0.25) is 0 Å². The van der Waals surface area contributed by atoms with E-state index in [9.17, 15) is 4.79 Å². The summed E-state index contributed by atoms with van der Waals surface area (Å²) in [7, 11) is 3.51. The van der Waals surface area contributed by atoms with Gasteiger partial charge in [-0.25, -0.2) is 4.79 Å². The lowest BCUT2D eigenvalue weighted by molar-refractivity contribution is 0.0601. The predicted molar refractivity (Wildman–Crippen MR) is 185 cm³/mol. The van der Waals surface area contributed by atoms with Gasteiger partial charge in [-0.05, 0) is 73.0 Å². The number of hydrogen-bond acceptors (Lipinski definition) is 2. The Labute approximate surface area is 252 Å². The molecule has 40 heavy (non-hydrogen) atoms. The van der Waals surface area contributed by atoms with Crippen molar-refractivity contribution in [2.24, 2.45) is 17.9 Å². The summed E-state index contributed by atoms with van der Waals surface area (Å²) < 4.78 is 7.04. The van der Waals surface area contributed by atoms with E-state index >= 15 is 0 Å². The van der Waals surface area contributed by atoms with Gasteiger partial charge < -0.3 is 9.30 Å². The minimum Gasteiger partial charge on any atom is -0.465 e. The van der Waals surface area contributed by atoms with Gasteiger partial charge in [-0.2, -0.15) is 0 Å². The van der Waals surface area contributed by atoms with Crippen molar-refractivity contribution in [3.63, 3.8) is 0 Å². The van der Waals surface area contributed by atoms with Crippen molar-refractivity contribution < 1.29 is 9.53 Å². The molecule has 3 nitrogen and oxygen atoms in total. The first-order valence-electron chi connectivity index (χ1n) is 16.9. The van der Waals surface area contributed by atoms with E-state index in [0.29, 0.717) is 22.3 Å². The fourth-order valence-corrected chi connectivity index (χ4v) is 4.68. The third-order valence-corrected chi connectivity index (χ3v) is 7.44. The Morgan fingerprint density at radius 1 is 0.925 bits per heavy atom. The normalized spacial score (nSPS) is 17.1. The Morgan fingerprint density at radius 3 is 1.82 bits per heavy atom. The van der Waals surface area contributed by atoms with Crippen LogP contribution in [0.1, 0.15) is 178 Å². The monoisotopic (exact) mass is 564 g/mol. The third kappa shape index (κ3) is 14.7. The molecule has 0 spiro atoms. The maximum Gasteiger partial charge on any atom is 0.337 e. The van der Waals surface area contributed by atoms with E-state index in [2.05, 4.69) is 51.6 Å². The summed E-state index contributed by atoms with van der Waals surface area (Å²) in [5.74, 6) is 0.355. The zero-order valence-corrected chi connectivity index (χ0v) is 30.6. The zero-order chi connectivity index (χ0) is 32.5. The van der Waals surface area contributed by atoms with Gasteiger partial charge in [-0.15, -0.1) is 0 Å². The second kappa shape index (κ2) is 26.1. The lowest BCUT2D eigenvalue weighted by Crippen LogP contribution is -2.26. The highest BCUT2D eigenvalue weighted by Gasteiger charge is 2.33. The van der Waals surface area contributed by atoms with Gasteiger partial charge in [0.25, 0.3) is 0 Å². The van der Waals surface area contributed by atoms with Gasteiger partial charge in [0.1, 0.15) is 0 Å². The molecule has 1 aliphatic rings. The van der Waals surface area contributed by atoms with E-state index in [1.54, 1.807) is 0 Å². The maximum absolute atomic E-state index is 11.9. The summed E-state index contributed by atoms with van der Waals surface area (Å²) in [6.07, 6.45) is 11.4. The van der Waals surface area contributed by atoms with Crippen LogP contribution in [0.3, 0.4) is 0 Å². The number of rotatable bonds is 6. The van der Waals surface area contributed by atoms with E-state index in [1.165, 1.54) is 63.0 Å². The quantitative estimate of drug-likeness (QED) is 0.327. The molecule has 0 N–H and O–H groups in total. The predicted octanol–water partition coefficient (Wildman–Crippen LogP) is 13.0. The number of fused-ring (bicyclic) bond motifs is 1. The standard InChI is InChI=1S/C25H37NO2.6C2H6/c1-7-24(2,3)14-15-25(4)12-10-18(11-13-25)21-17-26(5)22-16-19(23(27)28-6)8-9-20(21)22;6*1-2/h8-9,16-18H,7,10-15H2,1-6H3;6*1-2H3. The van der Waals surface area contributed by atoms with Gasteiger partial charge in [0, 0.05) is 24.1 Å². The fourth-order valence-electron chi connectivity index (χ4n) is 4.68. The van der Waals surface area contributed by atoms with Crippen LogP contribution in [0.15, 0.2) is 24.4 Å². The number of carbonyl (C=O) groups is 1. The number of hydrogen-bond donors (Lipinski definition) is 0. The van der Waals surface area contributed by atoms with Crippen LogP contribution in [0.5, 0.6) is 0 Å². The van der Waals surface area contributed by atoms with Crippen LogP contribution in [0.25, 0.3) is 10.9 Å². The average Bonchev–Trinajstić information content (AvgIpc) is 3.37. The van der Waals surface area contributed by atoms with Crippen molar-refractivity contribution in [1.82, 2.24) is 4.57 Å². The average molecular weight is 564 g/mol. The molecule has 0 unspecified atom stereocenters. The van der Waals surface area contributed by atoms with Gasteiger partial charge >= 0.3 is 5.97 Å². The second-order valence-corrected chi connectivity index (χ2v) is 10.0. The van der Waals surface area contributed by atoms with Crippen molar-refractivity contribution >= 4 is 16.9 Å². The Bertz CT molecular complexity index is 839. The zero-order valence-electron chi connectivity index (χ0n) is 30.6. The third-order valence-electron chi connectivity index (χ3n) is 7.44. The van der Waals surface area contributed by atoms with Crippen LogP contribution in [0.4, 0.5) is 0 Å². The molecule has 1 aromatic heterocycles. The molecule has 1 aromatic carbocycles. The van der Waals surface area contributed by atoms with Crippen LogP contribution < -0.4 is 0 Å². The summed E-state index contributed by atoms with van der Waals surface area (Å²) in [5.41, 5.74) is 4.15. The van der Waals surface area contributed by atoms with Crippen LogP contribution in [0, 0.1) is 10.8 Å². The molecule has 1 saturated carbocycles. The minimum atomic E-state index is -0.270.